The molecule has 0 saturated heterocycles. The predicted molar refractivity (Wildman–Crippen MR) is 45.9 cm³/mol. The lowest BCUT2D eigenvalue weighted by atomic mass is 10.2. The zero-order valence-corrected chi connectivity index (χ0v) is 6.82. The van der Waals surface area contributed by atoms with E-state index in [0.717, 1.165) is 5.70 Å². The zero-order chi connectivity index (χ0) is 9.10. The van der Waals surface area contributed by atoms with Crippen molar-refractivity contribution in [2.24, 2.45) is 0 Å². The van der Waals surface area contributed by atoms with Crippen molar-refractivity contribution in [3.05, 3.63) is 30.4 Å². The minimum absolute atomic E-state index is 0.0559. The predicted octanol–water partition coefficient (Wildman–Crippen LogP) is -0.158. The Morgan fingerprint density at radius 2 is 2.00 bits per heavy atom. The van der Waals surface area contributed by atoms with Crippen LogP contribution in [-0.4, -0.2) is 15.9 Å². The van der Waals surface area contributed by atoms with Crippen molar-refractivity contribution in [3.63, 3.8) is 0 Å². The van der Waals surface area contributed by atoms with Crippen LogP contribution in [0.4, 0.5) is 0 Å². The molecular formula is C8H8N4O. The number of hydrogen-bond donors (Lipinski definition) is 2. The van der Waals surface area contributed by atoms with E-state index in [2.05, 4.69) is 20.8 Å². The van der Waals surface area contributed by atoms with E-state index in [1.165, 1.54) is 0 Å². The summed E-state index contributed by atoms with van der Waals surface area (Å²) in [4.78, 5) is 18.8. The molecule has 5 nitrogen and oxygen atoms in total. The van der Waals surface area contributed by atoms with Crippen LogP contribution in [0.2, 0.25) is 0 Å². The average molecular weight is 176 g/mol. The van der Waals surface area contributed by atoms with Gasteiger partial charge in [0.2, 0.25) is 5.91 Å². The van der Waals surface area contributed by atoms with E-state index in [9.17, 15) is 4.79 Å². The molecule has 1 aliphatic heterocycles. The molecule has 13 heavy (non-hydrogen) atoms. The van der Waals surface area contributed by atoms with E-state index in [4.69, 9.17) is 0 Å². The highest BCUT2D eigenvalue weighted by Gasteiger charge is 2.10. The zero-order valence-electron chi connectivity index (χ0n) is 6.82. The lowest BCUT2D eigenvalue weighted by Gasteiger charge is -2.14. The standard InChI is InChI=1S/C8H8N4O/c13-7-3-2-6(11-12-7)8-9-4-1-5-10-8/h1-2,4-5,11H,3H2,(H,12,13). The van der Waals surface area contributed by atoms with Gasteiger partial charge in [-0.05, 0) is 12.1 Å². The Morgan fingerprint density at radius 3 is 2.62 bits per heavy atom. The molecule has 0 bridgehead atoms. The van der Waals surface area contributed by atoms with Crippen molar-refractivity contribution >= 4 is 11.6 Å². The second-order valence-corrected chi connectivity index (χ2v) is 2.57. The van der Waals surface area contributed by atoms with Gasteiger partial charge in [0, 0.05) is 18.8 Å². The molecule has 1 aliphatic rings. The van der Waals surface area contributed by atoms with Crippen LogP contribution in [0, 0.1) is 0 Å². The van der Waals surface area contributed by atoms with Gasteiger partial charge in [-0.1, -0.05) is 0 Å². The molecule has 0 atom stereocenters. The highest BCUT2D eigenvalue weighted by Crippen LogP contribution is 2.07. The fraction of sp³-hybridized carbons (Fsp3) is 0.125. The molecule has 0 unspecified atom stereocenters. The number of amides is 1. The normalized spacial score (nSPS) is 15.7. The Balaban J connectivity index is 2.23. The number of aromatic nitrogens is 2. The van der Waals surface area contributed by atoms with Gasteiger partial charge in [0.25, 0.3) is 0 Å². The molecule has 66 valence electrons. The van der Waals surface area contributed by atoms with Crippen molar-refractivity contribution in [1.82, 2.24) is 20.8 Å². The van der Waals surface area contributed by atoms with Gasteiger partial charge in [-0.3, -0.25) is 15.6 Å². The van der Waals surface area contributed by atoms with E-state index in [0.29, 0.717) is 12.2 Å². The van der Waals surface area contributed by atoms with Crippen molar-refractivity contribution < 1.29 is 4.79 Å². The van der Waals surface area contributed by atoms with Gasteiger partial charge >= 0.3 is 0 Å². The number of carbonyl (C=O) groups excluding carboxylic acids is 1. The van der Waals surface area contributed by atoms with Crippen molar-refractivity contribution in [2.75, 3.05) is 0 Å². The fourth-order valence-corrected chi connectivity index (χ4v) is 1.02. The average Bonchev–Trinajstić information content (AvgIpc) is 2.20. The molecule has 0 spiro atoms. The van der Waals surface area contributed by atoms with Gasteiger partial charge in [0.1, 0.15) is 0 Å². The Bertz CT molecular complexity index is 346. The van der Waals surface area contributed by atoms with Gasteiger partial charge in [0.15, 0.2) is 5.82 Å². The lowest BCUT2D eigenvalue weighted by molar-refractivity contribution is -0.121. The second-order valence-electron chi connectivity index (χ2n) is 2.57. The first-order valence-electron chi connectivity index (χ1n) is 3.88. The molecular weight excluding hydrogens is 168 g/mol. The van der Waals surface area contributed by atoms with Crippen LogP contribution in [0.25, 0.3) is 5.70 Å². The van der Waals surface area contributed by atoms with E-state index < -0.39 is 0 Å². The molecule has 2 rings (SSSR count). The summed E-state index contributed by atoms with van der Waals surface area (Å²) >= 11 is 0. The van der Waals surface area contributed by atoms with Gasteiger partial charge in [-0.15, -0.1) is 0 Å². The van der Waals surface area contributed by atoms with Crippen LogP contribution in [0.15, 0.2) is 24.5 Å². The first-order chi connectivity index (χ1) is 6.36. The molecule has 0 fully saturated rings. The molecule has 1 aromatic heterocycles. The number of nitrogens with one attached hydrogen (secondary N) is 2. The largest absolute Gasteiger partial charge is 0.295 e. The van der Waals surface area contributed by atoms with Crippen LogP contribution in [0.5, 0.6) is 0 Å². The molecule has 1 amide bonds. The third-order valence-electron chi connectivity index (χ3n) is 1.63. The smallest absolute Gasteiger partial charge is 0.242 e. The molecule has 5 heteroatoms. The number of hydrogen-bond acceptors (Lipinski definition) is 4. The van der Waals surface area contributed by atoms with Crippen molar-refractivity contribution in [3.8, 4) is 0 Å². The maximum absolute atomic E-state index is 10.8. The summed E-state index contributed by atoms with van der Waals surface area (Å²) in [5.74, 6) is 0.530. The summed E-state index contributed by atoms with van der Waals surface area (Å²) in [5, 5.41) is 0. The highest BCUT2D eigenvalue weighted by atomic mass is 16.2. The Kier molecular flexibility index (Phi) is 1.91. The van der Waals surface area contributed by atoms with Crippen LogP contribution in [0.1, 0.15) is 12.2 Å². The highest BCUT2D eigenvalue weighted by molar-refractivity contribution is 5.82. The third kappa shape index (κ3) is 1.64. The number of nitrogens with zero attached hydrogens (tertiary/aromatic N) is 2. The van der Waals surface area contributed by atoms with Gasteiger partial charge < -0.3 is 0 Å². The van der Waals surface area contributed by atoms with Crippen molar-refractivity contribution in [2.45, 2.75) is 6.42 Å². The summed E-state index contributed by atoms with van der Waals surface area (Å²) in [7, 11) is 0. The van der Waals surface area contributed by atoms with E-state index >= 15 is 0 Å². The fourth-order valence-electron chi connectivity index (χ4n) is 1.02. The van der Waals surface area contributed by atoms with E-state index in [-0.39, 0.29) is 5.91 Å². The summed E-state index contributed by atoms with van der Waals surface area (Å²) in [6.45, 7) is 0. The molecule has 0 aliphatic carbocycles. The molecule has 2 N–H and O–H groups in total. The Labute approximate surface area is 74.9 Å². The second kappa shape index (κ2) is 3.22. The molecule has 1 aromatic rings. The number of carbonyl (C=O) groups is 1. The van der Waals surface area contributed by atoms with Gasteiger partial charge in [0.05, 0.1) is 5.70 Å². The first-order valence-corrected chi connectivity index (χ1v) is 3.88. The maximum Gasteiger partial charge on any atom is 0.242 e. The summed E-state index contributed by atoms with van der Waals surface area (Å²) < 4.78 is 0. The van der Waals surface area contributed by atoms with Crippen LogP contribution in [0.3, 0.4) is 0 Å². The Morgan fingerprint density at radius 1 is 1.23 bits per heavy atom. The number of hydrazine groups is 1. The number of rotatable bonds is 1. The lowest BCUT2D eigenvalue weighted by Crippen LogP contribution is -2.39. The third-order valence-corrected chi connectivity index (χ3v) is 1.63. The first kappa shape index (κ1) is 7.72. The topological polar surface area (TPSA) is 66.9 Å². The molecule has 0 saturated carbocycles. The molecule has 2 heterocycles. The maximum atomic E-state index is 10.8. The van der Waals surface area contributed by atoms with E-state index in [1.807, 2.05) is 0 Å². The van der Waals surface area contributed by atoms with Gasteiger partial charge in [-0.25, -0.2) is 9.97 Å². The van der Waals surface area contributed by atoms with E-state index in [1.54, 1.807) is 24.5 Å². The van der Waals surface area contributed by atoms with Crippen LogP contribution in [-0.2, 0) is 4.79 Å². The summed E-state index contributed by atoms with van der Waals surface area (Å²) in [6.07, 6.45) is 5.43. The monoisotopic (exact) mass is 176 g/mol. The van der Waals surface area contributed by atoms with Crippen LogP contribution >= 0.6 is 0 Å². The molecule has 0 radical (unpaired) electrons. The molecule has 0 aromatic carbocycles. The Hall–Kier alpha value is -1.91. The minimum Gasteiger partial charge on any atom is -0.295 e. The SMILES string of the molecule is O=C1CC=C(c2ncccn2)NN1. The van der Waals surface area contributed by atoms with Crippen LogP contribution < -0.4 is 10.9 Å². The van der Waals surface area contributed by atoms with Crippen molar-refractivity contribution in [1.29, 1.82) is 0 Å². The van der Waals surface area contributed by atoms with Gasteiger partial charge in [-0.2, -0.15) is 0 Å². The quantitative estimate of drug-likeness (QED) is 0.624. The minimum atomic E-state index is -0.0559. The summed E-state index contributed by atoms with van der Waals surface area (Å²) in [5.41, 5.74) is 5.95. The summed E-state index contributed by atoms with van der Waals surface area (Å²) in [6, 6.07) is 1.74.